The highest BCUT2D eigenvalue weighted by atomic mass is 16.4. The number of aliphatic imine (C=N–C) groups is 1. The van der Waals surface area contributed by atoms with Gasteiger partial charge in [-0.25, -0.2) is 15.0 Å². The summed E-state index contributed by atoms with van der Waals surface area (Å²) in [6, 6.07) is 17.8. The van der Waals surface area contributed by atoms with Crippen molar-refractivity contribution < 1.29 is 9.21 Å². The van der Waals surface area contributed by atoms with Crippen molar-refractivity contribution in [3.05, 3.63) is 90.1 Å². The monoisotopic (exact) mass is 557 g/mol. The Bertz CT molecular complexity index is 1800. The van der Waals surface area contributed by atoms with Gasteiger partial charge in [-0.15, -0.1) is 5.10 Å². The van der Waals surface area contributed by atoms with Crippen LogP contribution in [0.2, 0.25) is 0 Å². The number of hydrogen-bond donors (Lipinski definition) is 2. The van der Waals surface area contributed by atoms with Crippen molar-refractivity contribution >= 4 is 23.3 Å². The summed E-state index contributed by atoms with van der Waals surface area (Å²) in [5, 5.41) is 19.4. The highest BCUT2D eigenvalue weighted by Gasteiger charge is 2.30. The predicted octanol–water partition coefficient (Wildman–Crippen LogP) is 5.22. The summed E-state index contributed by atoms with van der Waals surface area (Å²) in [7, 11) is 0. The smallest absolute Gasteiger partial charge is 0.317 e. The van der Waals surface area contributed by atoms with Crippen molar-refractivity contribution in [3.8, 4) is 22.7 Å². The maximum atomic E-state index is 13.3. The summed E-state index contributed by atoms with van der Waals surface area (Å²) in [5.74, 6) is 1.30. The minimum absolute atomic E-state index is 0.0787. The third-order valence-electron chi connectivity index (χ3n) is 7.98. The van der Waals surface area contributed by atoms with Crippen LogP contribution in [-0.2, 0) is 4.79 Å². The highest BCUT2D eigenvalue weighted by molar-refractivity contribution is 6.19. The molecule has 11 heteroatoms. The quantitative estimate of drug-likeness (QED) is 0.278. The van der Waals surface area contributed by atoms with Crippen LogP contribution in [-0.4, -0.2) is 47.7 Å². The van der Waals surface area contributed by atoms with E-state index >= 15 is 0 Å². The average Bonchev–Trinajstić information content (AvgIpc) is 3.63. The molecule has 42 heavy (non-hydrogen) atoms. The molecule has 2 saturated carbocycles. The number of carbonyl (C=O) groups is 1. The van der Waals surface area contributed by atoms with Gasteiger partial charge in [0, 0.05) is 41.2 Å². The van der Waals surface area contributed by atoms with E-state index < -0.39 is 6.17 Å². The minimum atomic E-state index is -0.999. The molecular weight excluding hydrogens is 530 g/mol. The number of rotatable bonds is 7. The van der Waals surface area contributed by atoms with Crippen LogP contribution in [0.3, 0.4) is 0 Å². The van der Waals surface area contributed by atoms with Crippen molar-refractivity contribution in [3.63, 3.8) is 0 Å². The van der Waals surface area contributed by atoms with Crippen LogP contribution in [0, 0.1) is 0 Å². The van der Waals surface area contributed by atoms with Gasteiger partial charge in [-0.1, -0.05) is 53.6 Å². The average molecular weight is 558 g/mol. The molecular formula is C31H27N9O2. The van der Waals surface area contributed by atoms with Crippen molar-refractivity contribution in [2.24, 2.45) is 4.99 Å². The lowest BCUT2D eigenvalue weighted by molar-refractivity contribution is -0.116. The number of fused-ring (bicyclic) bond motifs is 1. The number of hydrogen-bond acceptors (Lipinski definition) is 9. The van der Waals surface area contributed by atoms with E-state index in [4.69, 9.17) is 14.5 Å². The Morgan fingerprint density at radius 1 is 0.881 bits per heavy atom. The van der Waals surface area contributed by atoms with E-state index in [0.29, 0.717) is 34.6 Å². The molecule has 0 saturated heterocycles. The summed E-state index contributed by atoms with van der Waals surface area (Å²) < 4.78 is 8.06. The van der Waals surface area contributed by atoms with E-state index in [2.05, 4.69) is 30.8 Å². The molecule has 0 spiro atoms. The van der Waals surface area contributed by atoms with Gasteiger partial charge in [0.1, 0.15) is 11.5 Å². The number of carbonyl (C=O) groups excluding carboxylic acids is 1. The molecule has 8 rings (SSSR count). The first-order valence-corrected chi connectivity index (χ1v) is 14.2. The lowest BCUT2D eigenvalue weighted by atomic mass is 9.93. The molecule has 2 N–H and O–H groups in total. The summed E-state index contributed by atoms with van der Waals surface area (Å²) >= 11 is 0. The van der Waals surface area contributed by atoms with Gasteiger partial charge < -0.3 is 15.1 Å². The van der Waals surface area contributed by atoms with Gasteiger partial charge in [0.2, 0.25) is 6.17 Å². The Morgan fingerprint density at radius 3 is 2.43 bits per heavy atom. The molecule has 5 aromatic rings. The Kier molecular flexibility index (Phi) is 5.87. The second-order valence-corrected chi connectivity index (χ2v) is 10.9. The van der Waals surface area contributed by atoms with Gasteiger partial charge in [-0.05, 0) is 38.2 Å². The first kappa shape index (κ1) is 24.6. The Balaban J connectivity index is 1.12. The molecule has 0 radical (unpaired) electrons. The standard InChI is InChI=1S/C31H27N9O2/c41-29-28(35-25(18-7-2-1-3-8-18)22-11-4-5-12-24(22)34-29)36-31-38-37-30(42-31)23-17-40(21-9-6-10-21)39-26(23)20-15-32-27(33-16-20)19-13-14-19/h1-5,7-8,11-12,15-17,19,21,28H,6,9-10,13-14H2,(H,34,41)(H,36,38)/t28-/m1/s1. The maximum absolute atomic E-state index is 13.3. The number of nitrogens with one attached hydrogen (secondary N) is 2. The second kappa shape index (κ2) is 10.0. The Hall–Kier alpha value is -5.19. The summed E-state index contributed by atoms with van der Waals surface area (Å²) in [6.07, 6.45) is 10.2. The van der Waals surface area contributed by atoms with Crippen LogP contribution in [0.5, 0.6) is 0 Å². The summed E-state index contributed by atoms with van der Waals surface area (Å²) in [5.41, 5.74) is 5.25. The number of amides is 1. The van der Waals surface area contributed by atoms with Crippen molar-refractivity contribution in [1.29, 1.82) is 0 Å². The van der Waals surface area contributed by atoms with Crippen LogP contribution >= 0.6 is 0 Å². The van der Waals surface area contributed by atoms with Crippen LogP contribution in [0.25, 0.3) is 22.7 Å². The third-order valence-corrected chi connectivity index (χ3v) is 7.98. The molecule has 4 heterocycles. The fourth-order valence-electron chi connectivity index (χ4n) is 5.30. The molecule has 3 aromatic heterocycles. The van der Waals surface area contributed by atoms with Crippen LogP contribution in [0.15, 0.2) is 82.6 Å². The van der Waals surface area contributed by atoms with Gasteiger partial charge >= 0.3 is 6.01 Å². The number of para-hydroxylation sites is 1. The zero-order valence-corrected chi connectivity index (χ0v) is 22.6. The van der Waals surface area contributed by atoms with E-state index in [0.717, 1.165) is 48.2 Å². The van der Waals surface area contributed by atoms with E-state index in [1.165, 1.54) is 6.42 Å². The molecule has 1 aliphatic heterocycles. The van der Waals surface area contributed by atoms with Crippen molar-refractivity contribution in [1.82, 2.24) is 29.9 Å². The van der Waals surface area contributed by atoms with Crippen molar-refractivity contribution in [2.75, 3.05) is 10.6 Å². The molecule has 1 atom stereocenters. The zero-order valence-electron chi connectivity index (χ0n) is 22.6. The number of benzene rings is 2. The molecule has 3 aliphatic rings. The maximum Gasteiger partial charge on any atom is 0.317 e. The normalized spacial score (nSPS) is 18.4. The summed E-state index contributed by atoms with van der Waals surface area (Å²) in [4.78, 5) is 27.3. The van der Waals surface area contributed by atoms with Crippen LogP contribution < -0.4 is 10.6 Å². The van der Waals surface area contributed by atoms with E-state index in [1.807, 2.05) is 77.9 Å². The van der Waals surface area contributed by atoms with Crippen LogP contribution in [0.4, 0.5) is 11.7 Å². The van der Waals surface area contributed by atoms with Crippen molar-refractivity contribution in [2.45, 2.75) is 50.2 Å². The van der Waals surface area contributed by atoms with Crippen LogP contribution in [0.1, 0.15) is 61.0 Å². The fourth-order valence-corrected chi connectivity index (χ4v) is 5.30. The van der Waals surface area contributed by atoms with Gasteiger partial charge in [0.05, 0.1) is 23.0 Å². The molecule has 1 amide bonds. The predicted molar refractivity (Wildman–Crippen MR) is 156 cm³/mol. The van der Waals surface area contributed by atoms with Gasteiger partial charge in [0.15, 0.2) is 0 Å². The highest BCUT2D eigenvalue weighted by Crippen LogP contribution is 2.39. The van der Waals surface area contributed by atoms with Gasteiger partial charge in [0.25, 0.3) is 11.8 Å². The number of aromatic nitrogens is 6. The number of nitrogens with zero attached hydrogens (tertiary/aromatic N) is 7. The molecule has 11 nitrogen and oxygen atoms in total. The number of benzodiazepines with no additional fused rings is 1. The first-order valence-electron chi connectivity index (χ1n) is 14.2. The zero-order chi connectivity index (χ0) is 28.0. The molecule has 0 bridgehead atoms. The van der Waals surface area contributed by atoms with E-state index in [-0.39, 0.29) is 17.8 Å². The van der Waals surface area contributed by atoms with E-state index in [9.17, 15) is 4.79 Å². The van der Waals surface area contributed by atoms with Gasteiger partial charge in [-0.2, -0.15) is 5.10 Å². The topological polar surface area (TPSA) is 136 Å². The Labute approximate surface area is 241 Å². The second-order valence-electron chi connectivity index (χ2n) is 10.9. The Morgan fingerprint density at radius 2 is 1.67 bits per heavy atom. The van der Waals surface area contributed by atoms with E-state index in [1.54, 1.807) is 0 Å². The van der Waals surface area contributed by atoms with Gasteiger partial charge in [-0.3, -0.25) is 9.48 Å². The fraction of sp³-hybridized carbons (Fsp3) is 0.258. The lowest BCUT2D eigenvalue weighted by Crippen LogP contribution is -2.32. The first-order chi connectivity index (χ1) is 20.7. The SMILES string of the molecule is O=C1Nc2ccccc2C(c2ccccc2)=N[C@@H]1Nc1nnc(-c2cn(C3CCC3)nc2-c2cnc(C3CC3)nc2)o1. The molecule has 2 aromatic carbocycles. The largest absolute Gasteiger partial charge is 0.403 e. The summed E-state index contributed by atoms with van der Waals surface area (Å²) in [6.45, 7) is 0. The minimum Gasteiger partial charge on any atom is -0.403 e. The molecule has 0 unspecified atom stereocenters. The third kappa shape index (κ3) is 4.52. The number of anilines is 2. The molecule has 208 valence electrons. The lowest BCUT2D eigenvalue weighted by Gasteiger charge is -2.25. The molecule has 2 aliphatic carbocycles. The molecule has 2 fully saturated rings.